The van der Waals surface area contributed by atoms with Crippen molar-refractivity contribution in [1.29, 1.82) is 0 Å². The number of halogens is 1. The van der Waals surface area contributed by atoms with Gasteiger partial charge in [-0.1, -0.05) is 23.6 Å². The summed E-state index contributed by atoms with van der Waals surface area (Å²) in [5.41, 5.74) is 1.75. The average Bonchev–Trinajstić information content (AvgIpc) is 3.12. The molecule has 0 radical (unpaired) electrons. The zero-order valence-electron chi connectivity index (χ0n) is 10.8. The van der Waals surface area contributed by atoms with Crippen LogP contribution in [0.25, 0.3) is 0 Å². The number of carbonyl (C=O) groups excluding carboxylic acids is 1. The van der Waals surface area contributed by atoms with Gasteiger partial charge in [-0.2, -0.15) is 0 Å². The van der Waals surface area contributed by atoms with Crippen LogP contribution in [0.2, 0.25) is 0 Å². The van der Waals surface area contributed by atoms with Crippen LogP contribution >= 0.6 is 11.6 Å². The number of allylic oxidation sites excluding steroid dienone is 2. The van der Waals surface area contributed by atoms with Crippen molar-refractivity contribution in [2.24, 2.45) is 23.2 Å². The zero-order chi connectivity index (χ0) is 12.5. The van der Waals surface area contributed by atoms with Crippen LogP contribution in [0.15, 0.2) is 10.6 Å². The SMILES string of the molecule is CC1=C(Cl)CC2C3CCCC(C(=O)N3)C1C21CC1. The van der Waals surface area contributed by atoms with Gasteiger partial charge in [-0.15, -0.1) is 0 Å². The predicted molar refractivity (Wildman–Crippen MR) is 71.1 cm³/mol. The average molecular weight is 266 g/mol. The summed E-state index contributed by atoms with van der Waals surface area (Å²) in [6.45, 7) is 2.17. The molecule has 1 N–H and O–H groups in total. The van der Waals surface area contributed by atoms with E-state index in [9.17, 15) is 4.79 Å². The Morgan fingerprint density at radius 3 is 2.83 bits per heavy atom. The third-order valence-corrected chi connectivity index (χ3v) is 6.51. The fourth-order valence-electron chi connectivity index (χ4n) is 5.13. The number of amides is 1. The number of hydrogen-bond donors (Lipinski definition) is 1. The van der Waals surface area contributed by atoms with Gasteiger partial charge in [0.2, 0.25) is 5.91 Å². The summed E-state index contributed by atoms with van der Waals surface area (Å²) in [6.07, 6.45) is 7.04. The summed E-state index contributed by atoms with van der Waals surface area (Å²) in [4.78, 5) is 12.4. The van der Waals surface area contributed by atoms with Gasteiger partial charge in [0, 0.05) is 17.0 Å². The third kappa shape index (κ3) is 1.28. The van der Waals surface area contributed by atoms with Crippen molar-refractivity contribution in [2.75, 3.05) is 0 Å². The molecule has 4 unspecified atom stereocenters. The highest BCUT2D eigenvalue weighted by Gasteiger charge is 2.64. The van der Waals surface area contributed by atoms with E-state index in [1.165, 1.54) is 24.8 Å². The smallest absolute Gasteiger partial charge is 0.223 e. The van der Waals surface area contributed by atoms with Crippen LogP contribution in [-0.4, -0.2) is 11.9 Å². The highest BCUT2D eigenvalue weighted by Crippen LogP contribution is 2.68. The number of hydrogen-bond acceptors (Lipinski definition) is 1. The number of nitrogens with one attached hydrogen (secondary N) is 1. The molecular weight excluding hydrogens is 246 g/mol. The Kier molecular flexibility index (Phi) is 2.22. The molecule has 4 bridgehead atoms. The largest absolute Gasteiger partial charge is 0.353 e. The Morgan fingerprint density at radius 1 is 1.33 bits per heavy atom. The van der Waals surface area contributed by atoms with E-state index in [1.807, 2.05) is 0 Å². The topological polar surface area (TPSA) is 29.1 Å². The van der Waals surface area contributed by atoms with E-state index in [0.29, 0.717) is 29.2 Å². The van der Waals surface area contributed by atoms with Crippen LogP contribution < -0.4 is 5.32 Å². The minimum atomic E-state index is 0.191. The van der Waals surface area contributed by atoms with E-state index in [4.69, 9.17) is 11.6 Å². The normalized spacial score (nSPS) is 44.7. The molecule has 1 amide bonds. The molecule has 4 rings (SSSR count). The first-order chi connectivity index (χ1) is 8.63. The molecule has 4 aliphatic rings. The summed E-state index contributed by atoms with van der Waals surface area (Å²) < 4.78 is 0. The van der Waals surface area contributed by atoms with Gasteiger partial charge in [-0.05, 0) is 56.3 Å². The third-order valence-electron chi connectivity index (χ3n) is 6.06. The highest BCUT2D eigenvalue weighted by molar-refractivity contribution is 6.30. The standard InChI is InChI=1S/C15H20ClNO/c1-8-11(16)7-10-12-4-2-3-9(14(18)17-12)13(8)15(10)5-6-15/h9-10,12-13H,2-7H2,1H3,(H,17,18). The van der Waals surface area contributed by atoms with E-state index in [-0.39, 0.29) is 5.92 Å². The lowest BCUT2D eigenvalue weighted by Crippen LogP contribution is -2.42. The molecule has 0 aromatic rings. The maximum absolute atomic E-state index is 12.4. The van der Waals surface area contributed by atoms with Crippen molar-refractivity contribution in [3.05, 3.63) is 10.6 Å². The molecule has 0 aromatic heterocycles. The molecule has 1 spiro atoms. The van der Waals surface area contributed by atoms with Crippen LogP contribution in [0.3, 0.4) is 0 Å². The molecule has 2 saturated heterocycles. The molecule has 1 saturated carbocycles. The fourth-order valence-corrected chi connectivity index (χ4v) is 5.41. The Morgan fingerprint density at radius 2 is 2.11 bits per heavy atom. The highest BCUT2D eigenvalue weighted by atomic mass is 35.5. The van der Waals surface area contributed by atoms with Crippen LogP contribution in [-0.2, 0) is 4.79 Å². The zero-order valence-corrected chi connectivity index (χ0v) is 11.6. The second-order valence-electron chi connectivity index (χ2n) is 6.76. The lowest BCUT2D eigenvalue weighted by atomic mass is 9.61. The fraction of sp³-hybridized carbons (Fsp3) is 0.800. The van der Waals surface area contributed by atoms with E-state index in [0.717, 1.165) is 24.3 Å². The van der Waals surface area contributed by atoms with E-state index < -0.39 is 0 Å². The van der Waals surface area contributed by atoms with E-state index in [2.05, 4.69) is 12.2 Å². The monoisotopic (exact) mass is 265 g/mol. The first-order valence-electron chi connectivity index (χ1n) is 7.29. The molecule has 2 aliphatic carbocycles. The molecule has 3 fully saturated rings. The van der Waals surface area contributed by atoms with Gasteiger partial charge < -0.3 is 5.32 Å². The molecule has 2 heterocycles. The Bertz CT molecular complexity index is 451. The summed E-state index contributed by atoms with van der Waals surface area (Å²) in [6, 6.07) is 0.386. The first kappa shape index (κ1) is 11.3. The molecule has 98 valence electrons. The van der Waals surface area contributed by atoms with Gasteiger partial charge in [0.1, 0.15) is 0 Å². The maximum atomic E-state index is 12.4. The van der Waals surface area contributed by atoms with Gasteiger partial charge in [0.05, 0.1) is 0 Å². The van der Waals surface area contributed by atoms with Crippen LogP contribution in [0.1, 0.15) is 45.4 Å². The number of carbonyl (C=O) groups is 1. The van der Waals surface area contributed by atoms with Gasteiger partial charge in [0.25, 0.3) is 0 Å². The van der Waals surface area contributed by atoms with Crippen molar-refractivity contribution in [3.63, 3.8) is 0 Å². The van der Waals surface area contributed by atoms with Gasteiger partial charge in [0.15, 0.2) is 0 Å². The summed E-state index contributed by atoms with van der Waals surface area (Å²) >= 11 is 6.50. The quantitative estimate of drug-likeness (QED) is 0.716. The maximum Gasteiger partial charge on any atom is 0.223 e. The van der Waals surface area contributed by atoms with E-state index >= 15 is 0 Å². The van der Waals surface area contributed by atoms with Crippen molar-refractivity contribution in [2.45, 2.75) is 51.5 Å². The van der Waals surface area contributed by atoms with E-state index in [1.54, 1.807) is 0 Å². The molecular formula is C15H20ClNO. The number of rotatable bonds is 0. The molecule has 3 heteroatoms. The molecule has 0 aromatic carbocycles. The Labute approximate surface area is 113 Å². The van der Waals surface area contributed by atoms with Crippen molar-refractivity contribution in [1.82, 2.24) is 5.32 Å². The minimum absolute atomic E-state index is 0.191. The molecule has 18 heavy (non-hydrogen) atoms. The predicted octanol–water partition coefficient (Wildman–Crippen LogP) is 3.21. The van der Waals surface area contributed by atoms with Gasteiger partial charge in [-0.3, -0.25) is 4.79 Å². The summed E-state index contributed by atoms with van der Waals surface area (Å²) in [5.74, 6) is 1.54. The Hall–Kier alpha value is -0.500. The van der Waals surface area contributed by atoms with Gasteiger partial charge in [-0.25, -0.2) is 0 Å². The second kappa shape index (κ2) is 3.53. The molecule has 2 nitrogen and oxygen atoms in total. The summed E-state index contributed by atoms with van der Waals surface area (Å²) in [7, 11) is 0. The van der Waals surface area contributed by atoms with Gasteiger partial charge >= 0.3 is 0 Å². The summed E-state index contributed by atoms with van der Waals surface area (Å²) in [5, 5.41) is 4.38. The lowest BCUT2D eigenvalue weighted by molar-refractivity contribution is -0.126. The van der Waals surface area contributed by atoms with Crippen LogP contribution in [0, 0.1) is 23.2 Å². The molecule has 4 atom stereocenters. The van der Waals surface area contributed by atoms with Crippen molar-refractivity contribution >= 4 is 17.5 Å². The number of fused-ring (bicyclic) bond motifs is 5. The Balaban J connectivity index is 1.90. The van der Waals surface area contributed by atoms with Crippen LogP contribution in [0.4, 0.5) is 0 Å². The van der Waals surface area contributed by atoms with Crippen molar-refractivity contribution in [3.8, 4) is 0 Å². The van der Waals surface area contributed by atoms with Crippen LogP contribution in [0.5, 0.6) is 0 Å². The second-order valence-corrected chi connectivity index (χ2v) is 7.22. The minimum Gasteiger partial charge on any atom is -0.353 e. The van der Waals surface area contributed by atoms with Crippen molar-refractivity contribution < 1.29 is 4.79 Å². The first-order valence-corrected chi connectivity index (χ1v) is 7.67. The molecule has 2 aliphatic heterocycles. The lowest BCUT2D eigenvalue weighted by Gasteiger charge is -2.43.